The van der Waals surface area contributed by atoms with E-state index in [2.05, 4.69) is 36.2 Å². The van der Waals surface area contributed by atoms with Crippen LogP contribution in [0, 0.1) is 0 Å². The van der Waals surface area contributed by atoms with Gasteiger partial charge in [0.25, 0.3) is 0 Å². The Hall–Kier alpha value is -1.42. The summed E-state index contributed by atoms with van der Waals surface area (Å²) < 4.78 is 10.7. The van der Waals surface area contributed by atoms with Crippen LogP contribution in [0.25, 0.3) is 0 Å². The highest BCUT2D eigenvalue weighted by Crippen LogP contribution is 2.29. The van der Waals surface area contributed by atoms with Crippen LogP contribution in [0.5, 0.6) is 11.5 Å². The highest BCUT2D eigenvalue weighted by atomic mass is 16.5. The molecule has 4 heteroatoms. The van der Waals surface area contributed by atoms with Crippen LogP contribution in [-0.2, 0) is 0 Å². The van der Waals surface area contributed by atoms with Crippen molar-refractivity contribution in [2.24, 2.45) is 0 Å². The average Bonchev–Trinajstić information content (AvgIpc) is 2.44. The van der Waals surface area contributed by atoms with Gasteiger partial charge in [-0.1, -0.05) is 0 Å². The summed E-state index contributed by atoms with van der Waals surface area (Å²) >= 11 is 0. The molecule has 1 saturated heterocycles. The second kappa shape index (κ2) is 6.84. The topological polar surface area (TPSA) is 33.7 Å². The Morgan fingerprint density at radius 2 is 1.45 bits per heavy atom. The zero-order valence-electron chi connectivity index (χ0n) is 13.0. The summed E-state index contributed by atoms with van der Waals surface area (Å²) in [5.41, 5.74) is 1.18. The predicted molar refractivity (Wildman–Crippen MR) is 83.1 cm³/mol. The Labute approximate surface area is 122 Å². The van der Waals surface area contributed by atoms with E-state index in [1.54, 1.807) is 14.2 Å². The molecule has 1 fully saturated rings. The highest BCUT2D eigenvalue weighted by Gasteiger charge is 2.17. The van der Waals surface area contributed by atoms with E-state index < -0.39 is 0 Å². The molecule has 1 heterocycles. The van der Waals surface area contributed by atoms with Crippen molar-refractivity contribution < 1.29 is 9.47 Å². The Bertz CT molecular complexity index is 402. The summed E-state index contributed by atoms with van der Waals surface area (Å²) in [4.78, 5) is 2.43. The summed E-state index contributed by atoms with van der Waals surface area (Å²) in [6.45, 7) is 6.62. The van der Waals surface area contributed by atoms with Gasteiger partial charge < -0.3 is 19.7 Å². The number of hydrogen-bond donors (Lipinski definition) is 1. The number of nitrogens with one attached hydrogen (secondary N) is 1. The van der Waals surface area contributed by atoms with Crippen molar-refractivity contribution in [3.63, 3.8) is 0 Å². The second-order valence-electron chi connectivity index (χ2n) is 5.60. The van der Waals surface area contributed by atoms with Gasteiger partial charge in [0.15, 0.2) is 0 Å². The molecule has 4 nitrogen and oxygen atoms in total. The smallest absolute Gasteiger partial charge is 0.124 e. The maximum Gasteiger partial charge on any atom is 0.124 e. The lowest BCUT2D eigenvalue weighted by atomic mass is 10.1. The highest BCUT2D eigenvalue weighted by molar-refractivity contribution is 5.55. The van der Waals surface area contributed by atoms with Gasteiger partial charge in [-0.3, -0.25) is 0 Å². The fourth-order valence-corrected chi connectivity index (χ4v) is 2.70. The maximum absolute atomic E-state index is 5.37. The van der Waals surface area contributed by atoms with Crippen LogP contribution >= 0.6 is 0 Å². The molecule has 0 amide bonds. The van der Waals surface area contributed by atoms with Gasteiger partial charge in [-0.15, -0.1) is 0 Å². The molecule has 1 aliphatic rings. The van der Waals surface area contributed by atoms with Gasteiger partial charge >= 0.3 is 0 Å². The molecule has 0 aliphatic carbocycles. The molecule has 1 aliphatic heterocycles. The predicted octanol–water partition coefficient (Wildman–Crippen LogP) is 2.67. The first-order chi connectivity index (χ1) is 9.62. The Balaban J connectivity index is 2.19. The molecule has 1 N–H and O–H groups in total. The third-order valence-electron chi connectivity index (χ3n) is 3.93. The molecular formula is C16H26N2O2. The first-order valence-corrected chi connectivity index (χ1v) is 7.36. The van der Waals surface area contributed by atoms with E-state index in [0.29, 0.717) is 12.1 Å². The normalized spacial score (nSPS) is 23.9. The van der Waals surface area contributed by atoms with Crippen LogP contribution in [0.2, 0.25) is 0 Å². The number of hydrogen-bond acceptors (Lipinski definition) is 4. The molecule has 2 rings (SSSR count). The van der Waals surface area contributed by atoms with E-state index in [1.807, 2.05) is 6.07 Å². The third kappa shape index (κ3) is 3.79. The average molecular weight is 278 g/mol. The standard InChI is InChI=1S/C16H26N2O2/c1-12-5-7-18(8-6-13(2)17-12)14-9-15(19-3)11-16(10-14)20-4/h9-13,17H,5-8H2,1-4H3. The van der Waals surface area contributed by atoms with Gasteiger partial charge in [-0.25, -0.2) is 0 Å². The van der Waals surface area contributed by atoms with E-state index in [0.717, 1.165) is 37.4 Å². The molecule has 1 aromatic carbocycles. The number of rotatable bonds is 3. The monoisotopic (exact) mass is 278 g/mol. The van der Waals surface area contributed by atoms with Crippen molar-refractivity contribution in [3.8, 4) is 11.5 Å². The zero-order chi connectivity index (χ0) is 14.5. The summed E-state index contributed by atoms with van der Waals surface area (Å²) in [5, 5.41) is 3.62. The summed E-state index contributed by atoms with van der Waals surface area (Å²) in [6, 6.07) is 7.21. The van der Waals surface area contributed by atoms with Crippen molar-refractivity contribution in [1.29, 1.82) is 0 Å². The first kappa shape index (κ1) is 15.0. The van der Waals surface area contributed by atoms with Gasteiger partial charge in [0.2, 0.25) is 0 Å². The number of methoxy groups -OCH3 is 2. The van der Waals surface area contributed by atoms with Gasteiger partial charge in [-0.05, 0) is 26.7 Å². The molecule has 0 bridgehead atoms. The molecule has 0 aromatic heterocycles. The fourth-order valence-electron chi connectivity index (χ4n) is 2.70. The zero-order valence-corrected chi connectivity index (χ0v) is 13.0. The van der Waals surface area contributed by atoms with Crippen molar-refractivity contribution in [2.75, 3.05) is 32.2 Å². The summed E-state index contributed by atoms with van der Waals surface area (Å²) in [5.74, 6) is 1.70. The van der Waals surface area contributed by atoms with E-state index in [1.165, 1.54) is 5.69 Å². The van der Waals surface area contributed by atoms with Crippen LogP contribution in [-0.4, -0.2) is 39.4 Å². The van der Waals surface area contributed by atoms with Crippen LogP contribution in [0.1, 0.15) is 26.7 Å². The molecule has 0 radical (unpaired) electrons. The second-order valence-corrected chi connectivity index (χ2v) is 5.60. The lowest BCUT2D eigenvalue weighted by Crippen LogP contribution is -2.43. The Morgan fingerprint density at radius 1 is 0.950 bits per heavy atom. The van der Waals surface area contributed by atoms with Gasteiger partial charge in [0.1, 0.15) is 11.5 Å². The number of benzene rings is 1. The molecule has 1 aromatic rings. The van der Waals surface area contributed by atoms with E-state index in [9.17, 15) is 0 Å². The number of ether oxygens (including phenoxy) is 2. The lowest BCUT2D eigenvalue weighted by molar-refractivity contribution is 0.391. The fraction of sp³-hybridized carbons (Fsp3) is 0.625. The minimum Gasteiger partial charge on any atom is -0.497 e. The van der Waals surface area contributed by atoms with Gasteiger partial charge in [0, 0.05) is 49.1 Å². The quantitative estimate of drug-likeness (QED) is 0.921. The van der Waals surface area contributed by atoms with E-state index in [4.69, 9.17) is 9.47 Å². The molecule has 2 atom stereocenters. The van der Waals surface area contributed by atoms with E-state index in [-0.39, 0.29) is 0 Å². The third-order valence-corrected chi connectivity index (χ3v) is 3.93. The minimum absolute atomic E-state index is 0.556. The maximum atomic E-state index is 5.37. The number of anilines is 1. The molecule has 2 unspecified atom stereocenters. The van der Waals surface area contributed by atoms with Gasteiger partial charge in [0.05, 0.1) is 14.2 Å². The van der Waals surface area contributed by atoms with Crippen LogP contribution in [0.4, 0.5) is 5.69 Å². The van der Waals surface area contributed by atoms with Crippen molar-refractivity contribution in [2.45, 2.75) is 38.8 Å². The van der Waals surface area contributed by atoms with Crippen molar-refractivity contribution >= 4 is 5.69 Å². The lowest BCUT2D eigenvalue weighted by Gasteiger charge is -2.32. The van der Waals surface area contributed by atoms with Crippen molar-refractivity contribution in [1.82, 2.24) is 5.32 Å². The Morgan fingerprint density at radius 3 is 1.90 bits per heavy atom. The first-order valence-electron chi connectivity index (χ1n) is 7.36. The number of nitrogens with zero attached hydrogens (tertiary/aromatic N) is 1. The summed E-state index contributed by atoms with van der Waals surface area (Å²) in [7, 11) is 3.39. The largest absolute Gasteiger partial charge is 0.497 e. The van der Waals surface area contributed by atoms with Crippen molar-refractivity contribution in [3.05, 3.63) is 18.2 Å². The molecule has 20 heavy (non-hydrogen) atoms. The Kier molecular flexibility index (Phi) is 5.12. The SMILES string of the molecule is COc1cc(OC)cc(N2CCC(C)NC(C)CC2)c1. The van der Waals surface area contributed by atoms with Gasteiger partial charge in [-0.2, -0.15) is 0 Å². The van der Waals surface area contributed by atoms with Crippen LogP contribution < -0.4 is 19.7 Å². The minimum atomic E-state index is 0.556. The molecular weight excluding hydrogens is 252 g/mol. The molecule has 112 valence electrons. The van der Waals surface area contributed by atoms with Crippen LogP contribution in [0.3, 0.4) is 0 Å². The van der Waals surface area contributed by atoms with Crippen LogP contribution in [0.15, 0.2) is 18.2 Å². The summed E-state index contributed by atoms with van der Waals surface area (Å²) in [6.07, 6.45) is 2.29. The molecule has 0 spiro atoms. The van der Waals surface area contributed by atoms with E-state index >= 15 is 0 Å². The molecule has 0 saturated carbocycles.